The van der Waals surface area contributed by atoms with Gasteiger partial charge in [0.1, 0.15) is 5.37 Å². The average Bonchev–Trinajstić information content (AvgIpc) is 3.69. The van der Waals surface area contributed by atoms with Gasteiger partial charge in [-0.2, -0.15) is 0 Å². The van der Waals surface area contributed by atoms with Crippen molar-refractivity contribution in [2.45, 2.75) is 88.5 Å². The number of hydrogen-bond donors (Lipinski definition) is 1. The number of amides is 4. The van der Waals surface area contributed by atoms with Crippen molar-refractivity contribution in [1.29, 1.82) is 0 Å². The van der Waals surface area contributed by atoms with E-state index in [0.29, 0.717) is 32.2 Å². The molecule has 9 nitrogen and oxygen atoms in total. The van der Waals surface area contributed by atoms with Gasteiger partial charge in [-0.3, -0.25) is 14.5 Å². The molecule has 3 saturated heterocycles. The van der Waals surface area contributed by atoms with Crippen LogP contribution in [0.15, 0.2) is 78.9 Å². The molecule has 53 heavy (non-hydrogen) atoms. The van der Waals surface area contributed by atoms with Crippen molar-refractivity contribution in [3.8, 4) is 0 Å². The third-order valence-corrected chi connectivity index (χ3v) is 13.1. The van der Waals surface area contributed by atoms with E-state index in [-0.39, 0.29) is 44.0 Å². The van der Waals surface area contributed by atoms with E-state index in [2.05, 4.69) is 108 Å². The summed E-state index contributed by atoms with van der Waals surface area (Å²) in [6, 6.07) is 27.7. The number of fused-ring (bicyclic) bond motifs is 1. The van der Waals surface area contributed by atoms with Gasteiger partial charge in [0.2, 0.25) is 11.8 Å². The Morgan fingerprint density at radius 3 is 2.40 bits per heavy atom. The lowest BCUT2D eigenvalue weighted by atomic mass is 9.92. The maximum absolute atomic E-state index is 14.3. The van der Waals surface area contributed by atoms with E-state index < -0.39 is 5.25 Å². The fourth-order valence-electron chi connectivity index (χ4n) is 8.43. The summed E-state index contributed by atoms with van der Waals surface area (Å²) in [7, 11) is 2.20. The second kappa shape index (κ2) is 16.1. The highest BCUT2D eigenvalue weighted by atomic mass is 32.2. The molecule has 4 amide bonds. The summed E-state index contributed by atoms with van der Waals surface area (Å²) in [5.41, 5.74) is 5.77. The van der Waals surface area contributed by atoms with Crippen molar-refractivity contribution in [1.82, 2.24) is 19.6 Å². The third-order valence-electron chi connectivity index (χ3n) is 11.6. The van der Waals surface area contributed by atoms with Crippen LogP contribution in [0.5, 0.6) is 0 Å². The molecule has 0 saturated carbocycles. The lowest BCUT2D eigenvalue weighted by Gasteiger charge is -2.38. The molecule has 3 aromatic rings. The Hall–Kier alpha value is -4.02. The number of likely N-dealkylation sites (tertiary alicyclic amines) is 2. The number of nitrogens with one attached hydrogen (secondary N) is 1. The Kier molecular flexibility index (Phi) is 11.4. The first kappa shape index (κ1) is 37.3. The number of para-hydroxylation sites is 2. The molecular weight excluding hydrogens is 681 g/mol. The van der Waals surface area contributed by atoms with E-state index in [1.807, 2.05) is 28.0 Å². The summed E-state index contributed by atoms with van der Waals surface area (Å²) in [6.07, 6.45) is 4.47. The van der Waals surface area contributed by atoms with E-state index >= 15 is 0 Å². The number of thioether (sulfide) groups is 1. The molecule has 1 N–H and O–H groups in total. The second-order valence-electron chi connectivity index (χ2n) is 16.5. The van der Waals surface area contributed by atoms with Crippen molar-refractivity contribution >= 4 is 41.0 Å². The molecule has 0 aliphatic carbocycles. The minimum absolute atomic E-state index is 0. The Morgan fingerprint density at radius 1 is 0.906 bits per heavy atom. The normalized spacial score (nSPS) is 22.9. The molecule has 2 unspecified atom stereocenters. The molecule has 3 aromatic carbocycles. The van der Waals surface area contributed by atoms with Crippen molar-refractivity contribution in [2.75, 3.05) is 56.5 Å². The zero-order valence-corrected chi connectivity index (χ0v) is 32.7. The highest BCUT2D eigenvalue weighted by molar-refractivity contribution is 8.01. The largest absolute Gasteiger partial charge is 0.370 e. The highest BCUT2D eigenvalue weighted by Gasteiger charge is 2.44. The van der Waals surface area contributed by atoms with Gasteiger partial charge in [-0.05, 0) is 60.8 Å². The van der Waals surface area contributed by atoms with Crippen LogP contribution in [0.4, 0.5) is 16.2 Å². The van der Waals surface area contributed by atoms with Gasteiger partial charge in [0.05, 0.1) is 5.25 Å². The number of carbonyl (C=O) groups excluding carboxylic acids is 3. The second-order valence-corrected chi connectivity index (χ2v) is 17.8. The van der Waals surface area contributed by atoms with Gasteiger partial charge in [-0.1, -0.05) is 87.5 Å². The summed E-state index contributed by atoms with van der Waals surface area (Å²) >= 11 is 1.65. The summed E-state index contributed by atoms with van der Waals surface area (Å²) < 4.78 is 0. The van der Waals surface area contributed by atoms with E-state index in [0.717, 1.165) is 68.6 Å². The van der Waals surface area contributed by atoms with Crippen molar-refractivity contribution in [2.24, 2.45) is 5.41 Å². The monoisotopic (exact) mass is 740 g/mol. The molecule has 0 spiro atoms. The molecule has 3 fully saturated rings. The van der Waals surface area contributed by atoms with Crippen molar-refractivity contribution in [3.05, 3.63) is 95.6 Å². The molecule has 0 aromatic heterocycles. The van der Waals surface area contributed by atoms with E-state index in [1.54, 1.807) is 11.8 Å². The Morgan fingerprint density at radius 2 is 1.62 bits per heavy atom. The molecule has 286 valence electrons. The summed E-state index contributed by atoms with van der Waals surface area (Å²) in [5.74, 6) is 0.106. The molecule has 0 radical (unpaired) electrons. The Bertz CT molecular complexity index is 1770. The quantitative estimate of drug-likeness (QED) is 0.229. The first-order chi connectivity index (χ1) is 25.5. The number of urea groups is 1. The van der Waals surface area contributed by atoms with Gasteiger partial charge < -0.3 is 24.9 Å². The van der Waals surface area contributed by atoms with Crippen LogP contribution < -0.4 is 10.2 Å². The van der Waals surface area contributed by atoms with Gasteiger partial charge in [0, 0.05) is 91.2 Å². The number of carbonyl (C=O) groups is 3. The minimum Gasteiger partial charge on any atom is -0.370 e. The predicted octanol–water partition coefficient (Wildman–Crippen LogP) is 7.74. The van der Waals surface area contributed by atoms with Crippen molar-refractivity contribution < 1.29 is 17.2 Å². The predicted molar refractivity (Wildman–Crippen MR) is 219 cm³/mol. The van der Waals surface area contributed by atoms with Gasteiger partial charge in [-0.15, -0.1) is 11.8 Å². The fraction of sp³-hybridized carbons (Fsp3) is 0.512. The highest BCUT2D eigenvalue weighted by Crippen LogP contribution is 2.48. The smallest absolute Gasteiger partial charge is 0.322 e. The molecule has 4 heterocycles. The standard InChI is InChI=1S/C43H56N6O3S.2H2/c1-43(2,3)22-27-49-40(51)38(28-39(50)47-24-20-33(21-25-47)48-26-18-32-14-8-10-16-36(32)44-42(48)52)53-41(49)35-15-9-11-17-37(35)45(4)34-19-23-46(30-34)29-31-12-6-5-7-13-31;;/h5-17,33-34,38,41H,18-30H2,1-4H3,(H,44,52);2*1H/t34-,38?,41?;;/m0../s1. The van der Waals surface area contributed by atoms with Crippen LogP contribution in [0.25, 0.3) is 0 Å². The molecule has 10 heteroatoms. The van der Waals surface area contributed by atoms with Gasteiger partial charge in [0.25, 0.3) is 0 Å². The number of likely N-dealkylation sites (N-methyl/N-ethyl adjacent to an activating group) is 1. The molecule has 0 bridgehead atoms. The molecular formula is C43H60N6O3S. The molecule has 4 aliphatic rings. The van der Waals surface area contributed by atoms with Crippen LogP contribution in [0, 0.1) is 5.41 Å². The minimum atomic E-state index is -0.425. The van der Waals surface area contributed by atoms with E-state index in [1.165, 1.54) is 11.3 Å². The van der Waals surface area contributed by atoms with Gasteiger partial charge >= 0.3 is 6.03 Å². The zero-order valence-electron chi connectivity index (χ0n) is 31.9. The van der Waals surface area contributed by atoms with Crippen LogP contribution in [0.3, 0.4) is 0 Å². The Balaban J connectivity index is 0.00000290. The summed E-state index contributed by atoms with van der Waals surface area (Å²) in [6.45, 7) is 12.2. The van der Waals surface area contributed by atoms with Crippen LogP contribution in [-0.4, -0.2) is 101 Å². The number of piperidine rings is 1. The number of nitrogens with zero attached hydrogens (tertiary/aromatic N) is 5. The maximum atomic E-state index is 14.3. The SMILES string of the molecule is CN(c1ccccc1C1SC(CC(=O)N2CCC(N3CCc4ccccc4NC3=O)CC2)C(=O)N1CCC(C)(C)C)[C@H]1CCN(Cc2ccccc2)C1.[HH].[HH]. The molecule has 4 aliphatic heterocycles. The maximum Gasteiger partial charge on any atom is 0.322 e. The van der Waals surface area contributed by atoms with Crippen LogP contribution >= 0.6 is 11.8 Å². The topological polar surface area (TPSA) is 79.4 Å². The fourth-order valence-corrected chi connectivity index (χ4v) is 9.93. The van der Waals surface area contributed by atoms with Gasteiger partial charge in [0.15, 0.2) is 0 Å². The number of anilines is 2. The number of rotatable bonds is 10. The van der Waals surface area contributed by atoms with Crippen molar-refractivity contribution in [3.63, 3.8) is 0 Å². The molecule has 3 atom stereocenters. The van der Waals surface area contributed by atoms with Crippen LogP contribution in [0.1, 0.15) is 77.8 Å². The number of benzene rings is 3. The number of hydrogen-bond acceptors (Lipinski definition) is 6. The summed E-state index contributed by atoms with van der Waals surface area (Å²) in [5, 5.41) is 2.51. The lowest BCUT2D eigenvalue weighted by molar-refractivity contribution is -0.137. The van der Waals surface area contributed by atoms with E-state index in [4.69, 9.17) is 0 Å². The first-order valence-electron chi connectivity index (χ1n) is 19.5. The Labute approximate surface area is 323 Å². The zero-order chi connectivity index (χ0) is 37.1. The van der Waals surface area contributed by atoms with Gasteiger partial charge in [-0.25, -0.2) is 4.79 Å². The first-order valence-corrected chi connectivity index (χ1v) is 20.5. The van der Waals surface area contributed by atoms with E-state index in [9.17, 15) is 14.4 Å². The summed E-state index contributed by atoms with van der Waals surface area (Å²) in [4.78, 5) is 52.2. The third kappa shape index (κ3) is 8.70. The van der Waals surface area contributed by atoms with Crippen LogP contribution in [0.2, 0.25) is 0 Å². The molecule has 7 rings (SSSR count). The average molecular weight is 741 g/mol. The lowest BCUT2D eigenvalue weighted by Crippen LogP contribution is -2.50. The van der Waals surface area contributed by atoms with Crippen LogP contribution in [-0.2, 0) is 22.6 Å².